The van der Waals surface area contributed by atoms with Gasteiger partial charge in [-0.05, 0) is 6.92 Å². The Hall–Kier alpha value is -1.15. The Labute approximate surface area is 87.3 Å². The van der Waals surface area contributed by atoms with E-state index in [1.807, 2.05) is 5.32 Å². The minimum Gasteiger partial charge on any atom is -0.312 e. The molecule has 1 amide bonds. The summed E-state index contributed by atoms with van der Waals surface area (Å²) in [5, 5.41) is 2.10. The molecule has 0 saturated carbocycles. The minimum atomic E-state index is -4.74. The molecule has 84 valence electrons. The van der Waals surface area contributed by atoms with Crippen LogP contribution in [0.5, 0.6) is 0 Å². The zero-order valence-corrected chi connectivity index (χ0v) is 8.45. The molecule has 3 N–H and O–H groups in total. The number of nitrogens with two attached hydrogens (primary N) is 1. The van der Waals surface area contributed by atoms with E-state index in [1.54, 1.807) is 6.92 Å². The van der Waals surface area contributed by atoms with Crippen LogP contribution in [0.4, 0.5) is 18.3 Å². The summed E-state index contributed by atoms with van der Waals surface area (Å²) in [6.45, 7) is 1.72. The molecule has 15 heavy (non-hydrogen) atoms. The molecule has 0 aliphatic carbocycles. The van der Waals surface area contributed by atoms with Crippen LogP contribution in [0.2, 0.25) is 0 Å². The second kappa shape index (κ2) is 4.15. The van der Waals surface area contributed by atoms with Gasteiger partial charge in [0, 0.05) is 11.1 Å². The molecule has 0 aliphatic heterocycles. The van der Waals surface area contributed by atoms with Gasteiger partial charge in [-0.25, -0.2) is 4.98 Å². The van der Waals surface area contributed by atoms with Crippen molar-refractivity contribution in [2.75, 3.05) is 5.32 Å². The van der Waals surface area contributed by atoms with Crippen molar-refractivity contribution >= 4 is 22.4 Å². The smallest absolute Gasteiger partial charge is 0.312 e. The standard InChI is InChI=1S/C7H8F3N3OS/c1-3-2-12-6(15-3)13-5(14)4(11)7(8,9)10/h2,4H,11H2,1H3,(H,12,13,14). The van der Waals surface area contributed by atoms with Crippen molar-refractivity contribution in [3.8, 4) is 0 Å². The van der Waals surface area contributed by atoms with Crippen LogP contribution in [0.1, 0.15) is 4.88 Å². The monoisotopic (exact) mass is 239 g/mol. The fourth-order valence-corrected chi connectivity index (χ4v) is 1.41. The number of halogens is 3. The largest absolute Gasteiger partial charge is 0.412 e. The van der Waals surface area contributed by atoms with E-state index in [1.165, 1.54) is 6.20 Å². The highest BCUT2D eigenvalue weighted by molar-refractivity contribution is 7.15. The van der Waals surface area contributed by atoms with Crippen molar-refractivity contribution in [1.29, 1.82) is 0 Å². The van der Waals surface area contributed by atoms with Crippen molar-refractivity contribution in [3.05, 3.63) is 11.1 Å². The Balaban J connectivity index is 2.64. The van der Waals surface area contributed by atoms with E-state index in [0.29, 0.717) is 0 Å². The third-order valence-corrected chi connectivity index (χ3v) is 2.31. The van der Waals surface area contributed by atoms with E-state index in [4.69, 9.17) is 0 Å². The van der Waals surface area contributed by atoms with Gasteiger partial charge in [0.2, 0.25) is 0 Å². The van der Waals surface area contributed by atoms with E-state index < -0.39 is 18.1 Å². The highest BCUT2D eigenvalue weighted by Crippen LogP contribution is 2.21. The molecule has 1 atom stereocenters. The van der Waals surface area contributed by atoms with Crippen LogP contribution in [0.15, 0.2) is 6.20 Å². The number of hydrogen-bond acceptors (Lipinski definition) is 4. The van der Waals surface area contributed by atoms with Gasteiger partial charge < -0.3 is 11.1 Å². The maximum Gasteiger partial charge on any atom is 0.412 e. The van der Waals surface area contributed by atoms with E-state index in [2.05, 4.69) is 10.7 Å². The third kappa shape index (κ3) is 3.17. The van der Waals surface area contributed by atoms with Crippen LogP contribution in [-0.2, 0) is 4.79 Å². The number of aromatic nitrogens is 1. The molecule has 0 spiro atoms. The molecule has 0 radical (unpaired) electrons. The summed E-state index contributed by atoms with van der Waals surface area (Å²) in [6.07, 6.45) is -3.30. The van der Waals surface area contributed by atoms with Gasteiger partial charge in [-0.2, -0.15) is 13.2 Å². The van der Waals surface area contributed by atoms with Gasteiger partial charge in [0.25, 0.3) is 5.91 Å². The highest BCUT2D eigenvalue weighted by atomic mass is 32.1. The third-order valence-electron chi connectivity index (χ3n) is 1.49. The summed E-state index contributed by atoms with van der Waals surface area (Å²) in [5.41, 5.74) is 4.69. The number of aryl methyl sites for hydroxylation is 1. The van der Waals surface area contributed by atoms with Crippen LogP contribution < -0.4 is 11.1 Å². The SMILES string of the molecule is Cc1cnc(NC(=O)C(N)C(F)(F)F)s1. The molecule has 1 heterocycles. The Morgan fingerprint density at radius 3 is 2.67 bits per heavy atom. The van der Waals surface area contributed by atoms with Gasteiger partial charge in [0.05, 0.1) is 0 Å². The Bertz CT molecular complexity index is 363. The lowest BCUT2D eigenvalue weighted by Gasteiger charge is -2.13. The molecule has 1 aromatic heterocycles. The number of carbonyl (C=O) groups excluding carboxylic acids is 1. The number of rotatable bonds is 2. The summed E-state index contributed by atoms with van der Waals surface area (Å²) in [6, 6.07) is -2.53. The molecule has 0 fully saturated rings. The topological polar surface area (TPSA) is 68.0 Å². The molecule has 1 rings (SSSR count). The van der Waals surface area contributed by atoms with Gasteiger partial charge in [-0.1, -0.05) is 0 Å². The van der Waals surface area contributed by atoms with Crippen LogP contribution in [-0.4, -0.2) is 23.1 Å². The maximum atomic E-state index is 12.0. The summed E-state index contributed by atoms with van der Waals surface area (Å²) < 4.78 is 36.0. The van der Waals surface area contributed by atoms with E-state index in [9.17, 15) is 18.0 Å². The molecular weight excluding hydrogens is 231 g/mol. The van der Waals surface area contributed by atoms with Crippen LogP contribution in [0.3, 0.4) is 0 Å². The molecule has 0 saturated heterocycles. The molecule has 0 aliphatic rings. The zero-order valence-electron chi connectivity index (χ0n) is 7.63. The van der Waals surface area contributed by atoms with Gasteiger partial charge in [-0.3, -0.25) is 4.79 Å². The second-order valence-corrected chi connectivity index (χ2v) is 4.02. The number of hydrogen-bond donors (Lipinski definition) is 2. The van der Waals surface area contributed by atoms with Crippen molar-refractivity contribution in [3.63, 3.8) is 0 Å². The first-order valence-corrected chi connectivity index (χ1v) is 4.68. The highest BCUT2D eigenvalue weighted by Gasteiger charge is 2.42. The Morgan fingerprint density at radius 2 is 2.27 bits per heavy atom. The van der Waals surface area contributed by atoms with E-state index in [0.717, 1.165) is 16.2 Å². The summed E-state index contributed by atoms with van der Waals surface area (Å²) in [4.78, 5) is 15.4. The average molecular weight is 239 g/mol. The first-order valence-electron chi connectivity index (χ1n) is 3.86. The second-order valence-electron chi connectivity index (χ2n) is 2.78. The van der Waals surface area contributed by atoms with Gasteiger partial charge >= 0.3 is 6.18 Å². The molecule has 1 aromatic rings. The maximum absolute atomic E-state index is 12.0. The zero-order chi connectivity index (χ0) is 11.6. The van der Waals surface area contributed by atoms with Crippen LogP contribution in [0.25, 0.3) is 0 Å². The van der Waals surface area contributed by atoms with E-state index >= 15 is 0 Å². The quantitative estimate of drug-likeness (QED) is 0.816. The fourth-order valence-electron chi connectivity index (χ4n) is 0.744. The summed E-state index contributed by atoms with van der Waals surface area (Å²) in [5.74, 6) is -1.31. The van der Waals surface area contributed by atoms with Crippen LogP contribution in [0, 0.1) is 6.92 Å². The van der Waals surface area contributed by atoms with Crippen LogP contribution >= 0.6 is 11.3 Å². The lowest BCUT2D eigenvalue weighted by Crippen LogP contribution is -2.47. The summed E-state index contributed by atoms with van der Waals surface area (Å²) in [7, 11) is 0. The molecule has 4 nitrogen and oxygen atoms in total. The normalized spacial score (nSPS) is 13.7. The minimum absolute atomic E-state index is 0.109. The molecule has 0 aromatic carbocycles. The van der Waals surface area contributed by atoms with Crippen molar-refractivity contribution in [2.45, 2.75) is 19.1 Å². The molecule has 1 unspecified atom stereocenters. The predicted octanol–water partition coefficient (Wildman–Crippen LogP) is 1.28. The van der Waals surface area contributed by atoms with E-state index in [-0.39, 0.29) is 5.13 Å². The fraction of sp³-hybridized carbons (Fsp3) is 0.429. The van der Waals surface area contributed by atoms with Crippen molar-refractivity contribution < 1.29 is 18.0 Å². The first kappa shape index (κ1) is 11.9. The lowest BCUT2D eigenvalue weighted by molar-refractivity contribution is -0.159. The Kier molecular flexibility index (Phi) is 3.30. The number of nitrogens with one attached hydrogen (secondary N) is 1. The van der Waals surface area contributed by atoms with Gasteiger partial charge in [0.15, 0.2) is 11.2 Å². The number of thiazole rings is 1. The average Bonchev–Trinajstić information content (AvgIpc) is 2.48. The number of anilines is 1. The van der Waals surface area contributed by atoms with Gasteiger partial charge in [0.1, 0.15) is 0 Å². The number of alkyl halides is 3. The summed E-state index contributed by atoms with van der Waals surface area (Å²) >= 11 is 1.08. The molecular formula is C7H8F3N3OS. The lowest BCUT2D eigenvalue weighted by atomic mass is 10.3. The van der Waals surface area contributed by atoms with Gasteiger partial charge in [-0.15, -0.1) is 11.3 Å². The molecule has 8 heteroatoms. The number of nitrogens with zero attached hydrogens (tertiary/aromatic N) is 1. The Morgan fingerprint density at radius 1 is 1.67 bits per heavy atom. The van der Waals surface area contributed by atoms with Crippen molar-refractivity contribution in [2.24, 2.45) is 5.73 Å². The molecule has 0 bridgehead atoms. The first-order chi connectivity index (χ1) is 6.80. The predicted molar refractivity (Wildman–Crippen MR) is 49.5 cm³/mol. The number of carbonyl (C=O) groups is 1. The van der Waals surface area contributed by atoms with Crippen molar-refractivity contribution in [1.82, 2.24) is 4.98 Å². The number of amides is 1.